The van der Waals surface area contributed by atoms with E-state index in [-0.39, 0.29) is 30.6 Å². The van der Waals surface area contributed by atoms with Crippen LogP contribution in [0.4, 0.5) is 16.2 Å². The summed E-state index contributed by atoms with van der Waals surface area (Å²) in [5, 5.41) is 18.4. The zero-order valence-electron chi connectivity index (χ0n) is 19.4. The first-order chi connectivity index (χ1) is 16.9. The van der Waals surface area contributed by atoms with Crippen molar-refractivity contribution < 1.29 is 14.3 Å². The number of aliphatic imine (C=N–C) groups is 1. The quantitative estimate of drug-likeness (QED) is 0.528. The zero-order chi connectivity index (χ0) is 24.2. The summed E-state index contributed by atoms with van der Waals surface area (Å²) in [6.07, 6.45) is 7.37. The van der Waals surface area contributed by atoms with Crippen LogP contribution in [-0.4, -0.2) is 61.5 Å². The molecule has 3 aromatic rings. The largest absolute Gasteiger partial charge is 0.391 e. The van der Waals surface area contributed by atoms with Gasteiger partial charge in [0.05, 0.1) is 18.7 Å². The van der Waals surface area contributed by atoms with E-state index in [1.54, 1.807) is 15.5 Å². The number of β-amino-alcohol motifs (C(OH)–C–C–N with tert-alkyl or cyclic N) is 1. The number of anilines is 2. The Hall–Kier alpha value is -3.66. The fraction of sp³-hybridized carbons (Fsp3) is 0.400. The number of amidine groups is 1. The highest BCUT2D eigenvalue weighted by molar-refractivity contribution is 6.07. The highest BCUT2D eigenvalue weighted by Crippen LogP contribution is 2.52. The van der Waals surface area contributed by atoms with Gasteiger partial charge in [0.1, 0.15) is 11.4 Å². The number of nitrogens with zero attached hydrogens (tertiary/aromatic N) is 6. The highest BCUT2D eigenvalue weighted by Gasteiger charge is 2.42. The molecule has 9 nitrogen and oxygen atoms in total. The van der Waals surface area contributed by atoms with Crippen molar-refractivity contribution in [3.8, 4) is 0 Å². The lowest BCUT2D eigenvalue weighted by Gasteiger charge is -2.24. The van der Waals surface area contributed by atoms with E-state index in [0.29, 0.717) is 23.9 Å². The SMILES string of the molecule is CC1(C2=CC(Nc3nc(N4C[C@@H](O)C[C@H]4C(=O)Cc4ccc(F)nc4)nn4cccc34)=NC2)CC1. The molecule has 2 aliphatic heterocycles. The summed E-state index contributed by atoms with van der Waals surface area (Å²) in [6, 6.07) is 5.98. The number of ketones is 1. The predicted molar refractivity (Wildman–Crippen MR) is 129 cm³/mol. The van der Waals surface area contributed by atoms with Crippen molar-refractivity contribution in [2.45, 2.75) is 44.8 Å². The fourth-order valence-corrected chi connectivity index (χ4v) is 4.80. The monoisotopic (exact) mass is 475 g/mol. The molecule has 2 N–H and O–H groups in total. The van der Waals surface area contributed by atoms with Crippen molar-refractivity contribution in [2.75, 3.05) is 23.3 Å². The molecule has 0 aromatic carbocycles. The second-order valence-corrected chi connectivity index (χ2v) is 9.85. The van der Waals surface area contributed by atoms with Crippen LogP contribution in [-0.2, 0) is 11.2 Å². The number of rotatable bonds is 6. The Labute approximate surface area is 201 Å². The lowest BCUT2D eigenvalue weighted by atomic mass is 9.99. The van der Waals surface area contributed by atoms with Gasteiger partial charge in [-0.05, 0) is 53.7 Å². The van der Waals surface area contributed by atoms with Crippen LogP contribution in [0.3, 0.4) is 0 Å². The molecule has 0 radical (unpaired) electrons. The van der Waals surface area contributed by atoms with Gasteiger partial charge in [0.2, 0.25) is 11.9 Å². The minimum atomic E-state index is -0.681. The van der Waals surface area contributed by atoms with Crippen molar-refractivity contribution >= 4 is 28.9 Å². The fourth-order valence-electron chi connectivity index (χ4n) is 4.80. The van der Waals surface area contributed by atoms with Gasteiger partial charge in [-0.25, -0.2) is 9.50 Å². The first-order valence-electron chi connectivity index (χ1n) is 11.8. The van der Waals surface area contributed by atoms with Crippen LogP contribution in [0.25, 0.3) is 5.52 Å². The van der Waals surface area contributed by atoms with Gasteiger partial charge >= 0.3 is 0 Å². The van der Waals surface area contributed by atoms with Gasteiger partial charge in [-0.3, -0.25) is 9.79 Å². The highest BCUT2D eigenvalue weighted by atomic mass is 19.1. The minimum Gasteiger partial charge on any atom is -0.391 e. The summed E-state index contributed by atoms with van der Waals surface area (Å²) in [6.45, 7) is 3.21. The number of carbonyl (C=O) groups excluding carboxylic acids is 1. The Morgan fingerprint density at radius 3 is 2.94 bits per heavy atom. The lowest BCUT2D eigenvalue weighted by Crippen LogP contribution is -2.38. The van der Waals surface area contributed by atoms with Gasteiger partial charge < -0.3 is 15.3 Å². The summed E-state index contributed by atoms with van der Waals surface area (Å²) >= 11 is 0. The number of pyridine rings is 1. The molecule has 0 unspecified atom stereocenters. The molecule has 3 aliphatic rings. The number of carbonyl (C=O) groups is 1. The van der Waals surface area contributed by atoms with E-state index in [2.05, 4.69) is 33.4 Å². The molecular formula is C25H26FN7O2. The molecule has 6 rings (SSSR count). The van der Waals surface area contributed by atoms with Crippen LogP contribution in [0, 0.1) is 11.4 Å². The van der Waals surface area contributed by atoms with Crippen molar-refractivity contribution in [3.05, 3.63) is 59.8 Å². The standard InChI is InChI=1S/C25H26FN7O2/c1-25(6-7-25)16-10-22(28-13-16)29-23-18-3-2-8-33(18)31-24(30-23)32-14-17(34)11-19(32)20(35)9-15-4-5-21(26)27-12-15/h2-5,8,10,12,17,19,34H,6-7,9,11,13-14H2,1H3,(H,28,29,30,31)/t17-,19-/m0/s1. The number of Topliss-reactive ketones (excluding diaryl/α,β-unsaturated/α-hetero) is 1. The van der Waals surface area contributed by atoms with Gasteiger partial charge in [0.25, 0.3) is 0 Å². The molecule has 3 aromatic heterocycles. The minimum absolute atomic E-state index is 0.0845. The van der Waals surface area contributed by atoms with Crippen LogP contribution in [0.5, 0.6) is 0 Å². The van der Waals surface area contributed by atoms with Crippen molar-refractivity contribution in [3.63, 3.8) is 0 Å². The van der Waals surface area contributed by atoms with E-state index < -0.39 is 18.1 Å². The molecule has 5 heterocycles. The molecule has 1 aliphatic carbocycles. The Balaban J connectivity index is 1.28. The lowest BCUT2D eigenvalue weighted by molar-refractivity contribution is -0.119. The second-order valence-electron chi connectivity index (χ2n) is 9.85. The van der Waals surface area contributed by atoms with Crippen LogP contribution in [0.15, 0.2) is 53.3 Å². The second kappa shape index (κ2) is 8.23. The summed E-state index contributed by atoms with van der Waals surface area (Å²) in [7, 11) is 0. The number of hydrogen-bond acceptors (Lipinski definition) is 8. The summed E-state index contributed by atoms with van der Waals surface area (Å²) in [5.41, 5.74) is 3.02. The number of aromatic nitrogens is 4. The number of fused-ring (bicyclic) bond motifs is 1. The molecule has 1 saturated heterocycles. The van der Waals surface area contributed by atoms with Crippen molar-refractivity contribution in [1.29, 1.82) is 0 Å². The molecule has 10 heteroatoms. The normalized spacial score (nSPS) is 22.9. The van der Waals surface area contributed by atoms with E-state index in [9.17, 15) is 14.3 Å². The first kappa shape index (κ1) is 21.8. The number of nitrogens with one attached hydrogen (secondary N) is 1. The third-order valence-corrected chi connectivity index (χ3v) is 7.21. The van der Waals surface area contributed by atoms with E-state index in [1.165, 1.54) is 30.7 Å². The van der Waals surface area contributed by atoms with E-state index in [0.717, 1.165) is 11.4 Å². The van der Waals surface area contributed by atoms with Crippen molar-refractivity contribution in [2.24, 2.45) is 10.4 Å². The summed E-state index contributed by atoms with van der Waals surface area (Å²) < 4.78 is 14.9. The summed E-state index contributed by atoms with van der Waals surface area (Å²) in [5.74, 6) is 1.00. The number of halogens is 1. The molecule has 35 heavy (non-hydrogen) atoms. The van der Waals surface area contributed by atoms with Crippen LogP contribution in [0.1, 0.15) is 31.7 Å². The van der Waals surface area contributed by atoms with Crippen LogP contribution < -0.4 is 10.2 Å². The first-order valence-corrected chi connectivity index (χ1v) is 11.8. The summed E-state index contributed by atoms with van der Waals surface area (Å²) in [4.78, 5) is 27.9. The van der Waals surface area contributed by atoms with Gasteiger partial charge in [-0.1, -0.05) is 13.0 Å². The Morgan fingerprint density at radius 1 is 1.31 bits per heavy atom. The molecule has 2 atom stereocenters. The van der Waals surface area contributed by atoms with Crippen LogP contribution >= 0.6 is 0 Å². The zero-order valence-corrected chi connectivity index (χ0v) is 19.4. The van der Waals surface area contributed by atoms with Gasteiger partial charge in [-0.15, -0.1) is 5.10 Å². The number of aliphatic hydroxyl groups excluding tert-OH is 1. The molecule has 1 saturated carbocycles. The average molecular weight is 476 g/mol. The topological polar surface area (TPSA) is 108 Å². The maximum atomic E-state index is 13.2. The maximum absolute atomic E-state index is 13.2. The van der Waals surface area contributed by atoms with E-state index in [4.69, 9.17) is 4.98 Å². The predicted octanol–water partition coefficient (Wildman–Crippen LogP) is 2.57. The third-order valence-electron chi connectivity index (χ3n) is 7.21. The maximum Gasteiger partial charge on any atom is 0.246 e. The Morgan fingerprint density at radius 2 is 2.17 bits per heavy atom. The number of hydrogen-bond donors (Lipinski definition) is 2. The van der Waals surface area contributed by atoms with Gasteiger partial charge in [0, 0.05) is 31.8 Å². The van der Waals surface area contributed by atoms with E-state index in [1.807, 2.05) is 18.3 Å². The number of aliphatic hydroxyl groups is 1. The smallest absolute Gasteiger partial charge is 0.246 e. The molecule has 2 fully saturated rings. The molecular weight excluding hydrogens is 449 g/mol. The molecule has 0 spiro atoms. The Kier molecular flexibility index (Phi) is 5.14. The van der Waals surface area contributed by atoms with Crippen molar-refractivity contribution in [1.82, 2.24) is 19.6 Å². The van der Waals surface area contributed by atoms with Gasteiger partial charge in [0.15, 0.2) is 11.6 Å². The van der Waals surface area contributed by atoms with E-state index >= 15 is 0 Å². The average Bonchev–Trinajstić information content (AvgIpc) is 3.23. The molecule has 0 bridgehead atoms. The van der Waals surface area contributed by atoms with Crippen LogP contribution in [0.2, 0.25) is 0 Å². The van der Waals surface area contributed by atoms with Gasteiger partial charge in [-0.2, -0.15) is 9.37 Å². The molecule has 180 valence electrons. The Bertz CT molecular complexity index is 1360. The third kappa shape index (κ3) is 4.18. The molecule has 0 amide bonds.